The van der Waals surface area contributed by atoms with E-state index in [4.69, 9.17) is 30.4 Å². The average Bonchev–Trinajstić information content (AvgIpc) is 3.20. The monoisotopic (exact) mass is 477 g/mol. The fourth-order valence-electron chi connectivity index (χ4n) is 4.16. The lowest BCUT2D eigenvalue weighted by Crippen LogP contribution is -2.13. The molecule has 2 aromatic carbocycles. The summed E-state index contributed by atoms with van der Waals surface area (Å²) in [7, 11) is -0.912. The Bertz CT molecular complexity index is 1220. The van der Waals surface area contributed by atoms with Gasteiger partial charge in [-0.1, -0.05) is 23.7 Å². The SMILES string of the molecule is COc1cccc([C@H]2O[C@H](CCCS(=O)(=O)O)c3cccn3-c3ccc(Cl)cc32)c1OC. The Morgan fingerprint density at radius 2 is 1.91 bits per heavy atom. The molecule has 1 aromatic heterocycles. The average molecular weight is 478 g/mol. The Hall–Kier alpha value is -2.52. The van der Waals surface area contributed by atoms with Gasteiger partial charge < -0.3 is 18.8 Å². The van der Waals surface area contributed by atoms with Crippen LogP contribution in [0.15, 0.2) is 54.7 Å². The van der Waals surface area contributed by atoms with E-state index in [9.17, 15) is 8.42 Å². The van der Waals surface area contributed by atoms with Crippen LogP contribution in [0.1, 0.15) is 41.9 Å². The van der Waals surface area contributed by atoms with Crippen molar-refractivity contribution in [2.75, 3.05) is 20.0 Å². The van der Waals surface area contributed by atoms with Gasteiger partial charge in [-0.15, -0.1) is 0 Å². The summed E-state index contributed by atoms with van der Waals surface area (Å²) >= 11 is 6.37. The molecule has 9 heteroatoms. The highest BCUT2D eigenvalue weighted by Crippen LogP contribution is 2.46. The molecule has 4 rings (SSSR count). The highest BCUT2D eigenvalue weighted by molar-refractivity contribution is 7.85. The van der Waals surface area contributed by atoms with Crippen molar-refractivity contribution in [3.05, 3.63) is 76.6 Å². The minimum Gasteiger partial charge on any atom is -0.493 e. The van der Waals surface area contributed by atoms with E-state index >= 15 is 0 Å². The molecule has 0 saturated carbocycles. The van der Waals surface area contributed by atoms with Gasteiger partial charge in [0.1, 0.15) is 6.10 Å². The molecule has 0 spiro atoms. The van der Waals surface area contributed by atoms with Gasteiger partial charge in [0.15, 0.2) is 11.5 Å². The van der Waals surface area contributed by atoms with E-state index in [0.29, 0.717) is 22.9 Å². The molecule has 32 heavy (non-hydrogen) atoms. The lowest BCUT2D eigenvalue weighted by atomic mass is 9.98. The zero-order valence-electron chi connectivity index (χ0n) is 17.7. The summed E-state index contributed by atoms with van der Waals surface area (Å²) in [6, 6.07) is 15.1. The van der Waals surface area contributed by atoms with E-state index in [1.165, 1.54) is 0 Å². The van der Waals surface area contributed by atoms with Crippen LogP contribution in [-0.4, -0.2) is 37.5 Å². The van der Waals surface area contributed by atoms with Crippen molar-refractivity contribution in [2.24, 2.45) is 0 Å². The predicted octanol–water partition coefficient (Wildman–Crippen LogP) is 4.98. The molecule has 2 heterocycles. The van der Waals surface area contributed by atoms with Crippen LogP contribution >= 0.6 is 11.6 Å². The molecule has 0 saturated heterocycles. The number of fused-ring (bicyclic) bond motifs is 3. The van der Waals surface area contributed by atoms with Crippen molar-refractivity contribution in [3.8, 4) is 17.2 Å². The summed E-state index contributed by atoms with van der Waals surface area (Å²) in [5, 5.41) is 0.567. The molecule has 2 atom stereocenters. The second-order valence-corrected chi connectivity index (χ2v) is 9.53. The maximum Gasteiger partial charge on any atom is 0.264 e. The summed E-state index contributed by atoms with van der Waals surface area (Å²) in [6.45, 7) is 0. The first-order chi connectivity index (χ1) is 15.3. The standard InChI is InChI=1S/C23H24ClNO6S/c1-29-21-8-3-6-16(23(21)30-2)22-17-14-15(24)10-11-18(17)25-12-4-7-19(25)20(31-22)9-5-13-32(26,27)28/h3-4,6-8,10-12,14,20,22H,5,9,13H2,1-2H3,(H,26,27,28)/t20-,22-/m1/s1. The summed E-state index contributed by atoms with van der Waals surface area (Å²) in [4.78, 5) is 0. The summed E-state index contributed by atoms with van der Waals surface area (Å²) in [5.74, 6) is 0.789. The number of benzene rings is 2. The van der Waals surface area contributed by atoms with E-state index in [0.717, 1.165) is 22.5 Å². The summed E-state index contributed by atoms with van der Waals surface area (Å²) in [5.41, 5.74) is 3.40. The van der Waals surface area contributed by atoms with Crippen molar-refractivity contribution in [1.82, 2.24) is 4.57 Å². The molecule has 1 aliphatic heterocycles. The molecule has 0 bridgehead atoms. The largest absolute Gasteiger partial charge is 0.493 e. The molecule has 0 radical (unpaired) electrons. The van der Waals surface area contributed by atoms with Gasteiger partial charge in [-0.2, -0.15) is 8.42 Å². The lowest BCUT2D eigenvalue weighted by Gasteiger charge is -2.25. The first-order valence-corrected chi connectivity index (χ1v) is 12.1. The van der Waals surface area contributed by atoms with E-state index in [1.807, 2.05) is 59.3 Å². The van der Waals surface area contributed by atoms with Gasteiger partial charge in [-0.25, -0.2) is 0 Å². The van der Waals surface area contributed by atoms with Crippen molar-refractivity contribution in [2.45, 2.75) is 25.0 Å². The Morgan fingerprint density at radius 3 is 2.62 bits per heavy atom. The van der Waals surface area contributed by atoms with Crippen LogP contribution in [0.3, 0.4) is 0 Å². The first kappa shape index (κ1) is 22.7. The number of hydrogen-bond acceptors (Lipinski definition) is 5. The Labute approximate surface area is 192 Å². The smallest absolute Gasteiger partial charge is 0.264 e. The van der Waals surface area contributed by atoms with Crippen LogP contribution < -0.4 is 9.47 Å². The molecule has 3 aromatic rings. The van der Waals surface area contributed by atoms with Crippen molar-refractivity contribution in [3.63, 3.8) is 0 Å². The van der Waals surface area contributed by atoms with Gasteiger partial charge in [0.05, 0.1) is 37.5 Å². The zero-order valence-corrected chi connectivity index (χ0v) is 19.3. The van der Waals surface area contributed by atoms with Crippen LogP contribution in [-0.2, 0) is 14.9 Å². The highest BCUT2D eigenvalue weighted by atomic mass is 35.5. The van der Waals surface area contributed by atoms with Crippen molar-refractivity contribution in [1.29, 1.82) is 0 Å². The van der Waals surface area contributed by atoms with Crippen LogP contribution in [0, 0.1) is 0 Å². The number of methoxy groups -OCH3 is 2. The molecule has 170 valence electrons. The fourth-order valence-corrected chi connectivity index (χ4v) is 4.88. The molecule has 7 nitrogen and oxygen atoms in total. The van der Waals surface area contributed by atoms with Gasteiger partial charge in [0.25, 0.3) is 10.1 Å². The minimum atomic E-state index is -4.06. The van der Waals surface area contributed by atoms with E-state index in [1.54, 1.807) is 14.2 Å². The maximum absolute atomic E-state index is 11.3. The molecule has 0 aliphatic carbocycles. The maximum atomic E-state index is 11.3. The molecule has 0 unspecified atom stereocenters. The quantitative estimate of drug-likeness (QED) is 0.483. The van der Waals surface area contributed by atoms with Crippen LogP contribution in [0.5, 0.6) is 11.5 Å². The van der Waals surface area contributed by atoms with Gasteiger partial charge in [0, 0.05) is 22.3 Å². The summed E-state index contributed by atoms with van der Waals surface area (Å²) in [6.07, 6.45) is 1.59. The topological polar surface area (TPSA) is 87.0 Å². The Morgan fingerprint density at radius 1 is 1.09 bits per heavy atom. The van der Waals surface area contributed by atoms with E-state index < -0.39 is 22.3 Å². The third-order valence-corrected chi connectivity index (χ3v) is 6.57. The number of nitrogens with zero attached hydrogens (tertiary/aromatic N) is 1. The second-order valence-electron chi connectivity index (χ2n) is 7.52. The summed E-state index contributed by atoms with van der Waals surface area (Å²) < 4.78 is 51.5. The Balaban J connectivity index is 1.85. The third-order valence-electron chi connectivity index (χ3n) is 5.53. The number of aromatic nitrogens is 1. The fraction of sp³-hybridized carbons (Fsp3) is 0.304. The van der Waals surface area contributed by atoms with Gasteiger partial charge in [-0.3, -0.25) is 4.55 Å². The molecule has 0 amide bonds. The van der Waals surface area contributed by atoms with Crippen LogP contribution in [0.4, 0.5) is 0 Å². The van der Waals surface area contributed by atoms with Gasteiger partial charge in [-0.05, 0) is 49.2 Å². The number of ether oxygens (including phenoxy) is 3. The minimum absolute atomic E-state index is 0.244. The Kier molecular flexibility index (Phi) is 6.48. The predicted molar refractivity (Wildman–Crippen MR) is 122 cm³/mol. The highest BCUT2D eigenvalue weighted by Gasteiger charge is 2.32. The molecule has 1 aliphatic rings. The zero-order chi connectivity index (χ0) is 22.9. The van der Waals surface area contributed by atoms with Crippen LogP contribution in [0.2, 0.25) is 5.02 Å². The number of para-hydroxylation sites is 1. The van der Waals surface area contributed by atoms with E-state index in [-0.39, 0.29) is 12.2 Å². The molecular formula is C23H24ClNO6S. The van der Waals surface area contributed by atoms with E-state index in [2.05, 4.69) is 0 Å². The third kappa shape index (κ3) is 4.49. The van der Waals surface area contributed by atoms with Gasteiger partial charge in [0.2, 0.25) is 0 Å². The molecule has 0 fully saturated rings. The normalized spacial score (nSPS) is 17.9. The second kappa shape index (κ2) is 9.15. The lowest BCUT2D eigenvalue weighted by molar-refractivity contribution is 0.000842. The number of hydrogen-bond donors (Lipinski definition) is 1. The van der Waals surface area contributed by atoms with Crippen LogP contribution in [0.25, 0.3) is 5.69 Å². The molecular weight excluding hydrogens is 454 g/mol. The van der Waals surface area contributed by atoms with Crippen molar-refractivity contribution >= 4 is 21.7 Å². The first-order valence-electron chi connectivity index (χ1n) is 10.1. The number of rotatable bonds is 7. The van der Waals surface area contributed by atoms with Gasteiger partial charge >= 0.3 is 0 Å². The van der Waals surface area contributed by atoms with Crippen molar-refractivity contribution < 1.29 is 27.2 Å². The molecule has 1 N–H and O–H groups in total. The number of halogens is 1.